The van der Waals surface area contributed by atoms with E-state index in [4.69, 9.17) is 15.2 Å². The number of carbonyl (C=O) groups excluding carboxylic acids is 2. The molecule has 0 saturated heterocycles. The van der Waals surface area contributed by atoms with Gasteiger partial charge in [0, 0.05) is 12.1 Å². The number of nitrogens with one attached hydrogen (secondary N) is 1. The zero-order chi connectivity index (χ0) is 18.5. The molecule has 0 saturated carbocycles. The third kappa shape index (κ3) is 5.73. The minimum atomic E-state index is -0.915. The summed E-state index contributed by atoms with van der Waals surface area (Å²) in [6.45, 7) is 6.66. The van der Waals surface area contributed by atoms with E-state index in [-0.39, 0.29) is 30.2 Å². The number of nitrogens with zero attached hydrogens (tertiary/aromatic N) is 1. The van der Waals surface area contributed by atoms with Gasteiger partial charge in [-0.25, -0.2) is 4.79 Å². The standard InChI is InChI=1S/C17H27N3O4/c1-17(2,3)12-7-11(9-19-14(21)10-20(4)5)15(23-6)13(8-12)24-16(18)22/h7-8H,9-10H2,1-6H3,(H2,18,22)(H,19,21). The first kappa shape index (κ1) is 19.8. The Bertz CT molecular complexity index is 607. The van der Waals surface area contributed by atoms with Crippen LogP contribution in [-0.4, -0.2) is 44.7 Å². The Labute approximate surface area is 143 Å². The number of primary amides is 1. The van der Waals surface area contributed by atoms with Gasteiger partial charge in [0.25, 0.3) is 0 Å². The van der Waals surface area contributed by atoms with E-state index in [1.54, 1.807) is 11.0 Å². The van der Waals surface area contributed by atoms with Crippen molar-refractivity contribution in [2.45, 2.75) is 32.7 Å². The molecule has 24 heavy (non-hydrogen) atoms. The third-order valence-electron chi connectivity index (χ3n) is 3.35. The lowest BCUT2D eigenvalue weighted by atomic mass is 9.85. The van der Waals surface area contributed by atoms with Crippen LogP contribution in [0.25, 0.3) is 0 Å². The van der Waals surface area contributed by atoms with Crippen molar-refractivity contribution < 1.29 is 19.1 Å². The Hall–Kier alpha value is -2.28. The number of amides is 2. The average Bonchev–Trinajstić information content (AvgIpc) is 2.42. The van der Waals surface area contributed by atoms with Gasteiger partial charge in [0.05, 0.1) is 13.7 Å². The summed E-state index contributed by atoms with van der Waals surface area (Å²) in [5, 5.41) is 2.83. The fourth-order valence-electron chi connectivity index (χ4n) is 2.18. The lowest BCUT2D eigenvalue weighted by molar-refractivity contribution is -0.121. The van der Waals surface area contributed by atoms with Crippen molar-refractivity contribution in [3.05, 3.63) is 23.3 Å². The Morgan fingerprint density at radius 3 is 2.33 bits per heavy atom. The summed E-state index contributed by atoms with van der Waals surface area (Å²) >= 11 is 0. The molecule has 7 nitrogen and oxygen atoms in total. The van der Waals surface area contributed by atoms with E-state index in [2.05, 4.69) is 5.32 Å². The molecule has 0 aromatic heterocycles. The molecule has 0 bridgehead atoms. The Morgan fingerprint density at radius 1 is 1.25 bits per heavy atom. The molecular formula is C17H27N3O4. The van der Waals surface area contributed by atoms with E-state index < -0.39 is 6.09 Å². The minimum absolute atomic E-state index is 0.111. The van der Waals surface area contributed by atoms with Gasteiger partial charge < -0.3 is 25.4 Å². The van der Waals surface area contributed by atoms with Crippen molar-refractivity contribution in [3.8, 4) is 11.5 Å². The molecule has 0 aliphatic rings. The van der Waals surface area contributed by atoms with Crippen LogP contribution in [0.1, 0.15) is 31.9 Å². The zero-order valence-corrected chi connectivity index (χ0v) is 15.2. The summed E-state index contributed by atoms with van der Waals surface area (Å²) in [6.07, 6.45) is -0.915. The first-order valence-corrected chi connectivity index (χ1v) is 7.64. The number of rotatable bonds is 6. The van der Waals surface area contributed by atoms with Crippen LogP contribution in [-0.2, 0) is 16.8 Å². The Kier molecular flexibility index (Phi) is 6.60. The molecule has 0 spiro atoms. The summed E-state index contributed by atoms with van der Waals surface area (Å²) in [6, 6.07) is 3.66. The summed E-state index contributed by atoms with van der Waals surface area (Å²) in [5.74, 6) is 0.516. The van der Waals surface area contributed by atoms with Crippen LogP contribution in [0.3, 0.4) is 0 Å². The molecule has 0 fully saturated rings. The lowest BCUT2D eigenvalue weighted by Crippen LogP contribution is -2.33. The third-order valence-corrected chi connectivity index (χ3v) is 3.35. The van der Waals surface area contributed by atoms with Gasteiger partial charge >= 0.3 is 6.09 Å². The van der Waals surface area contributed by atoms with Crippen molar-refractivity contribution in [2.75, 3.05) is 27.7 Å². The van der Waals surface area contributed by atoms with E-state index in [1.165, 1.54) is 7.11 Å². The van der Waals surface area contributed by atoms with Crippen LogP contribution in [0.2, 0.25) is 0 Å². The topological polar surface area (TPSA) is 93.9 Å². The van der Waals surface area contributed by atoms with Crippen LogP contribution < -0.4 is 20.5 Å². The number of nitrogens with two attached hydrogens (primary N) is 1. The molecule has 1 rings (SSSR count). The van der Waals surface area contributed by atoms with Crippen LogP contribution in [0.15, 0.2) is 12.1 Å². The molecule has 7 heteroatoms. The first-order valence-electron chi connectivity index (χ1n) is 7.64. The number of carbonyl (C=O) groups is 2. The summed E-state index contributed by atoms with van der Waals surface area (Å²) in [7, 11) is 5.11. The molecule has 134 valence electrons. The smallest absolute Gasteiger partial charge is 0.410 e. The number of benzene rings is 1. The molecule has 1 aromatic rings. The number of hydrogen-bond donors (Lipinski definition) is 2. The number of hydrogen-bond acceptors (Lipinski definition) is 5. The molecule has 3 N–H and O–H groups in total. The van der Waals surface area contributed by atoms with Gasteiger partial charge in [-0.05, 0) is 37.2 Å². The molecule has 0 atom stereocenters. The lowest BCUT2D eigenvalue weighted by Gasteiger charge is -2.23. The summed E-state index contributed by atoms with van der Waals surface area (Å²) < 4.78 is 10.4. The van der Waals surface area contributed by atoms with Crippen molar-refractivity contribution in [3.63, 3.8) is 0 Å². The van der Waals surface area contributed by atoms with Gasteiger partial charge in [-0.2, -0.15) is 0 Å². The zero-order valence-electron chi connectivity index (χ0n) is 15.2. The van der Waals surface area contributed by atoms with Gasteiger partial charge in [0.1, 0.15) is 0 Å². The maximum atomic E-state index is 11.9. The van der Waals surface area contributed by atoms with Gasteiger partial charge in [-0.1, -0.05) is 20.8 Å². The van der Waals surface area contributed by atoms with Gasteiger partial charge in [-0.15, -0.1) is 0 Å². The SMILES string of the molecule is COc1c(CNC(=O)CN(C)C)cc(C(C)(C)C)cc1OC(N)=O. The van der Waals surface area contributed by atoms with Crippen molar-refractivity contribution in [2.24, 2.45) is 5.73 Å². The monoisotopic (exact) mass is 337 g/mol. The predicted molar refractivity (Wildman–Crippen MR) is 92.3 cm³/mol. The fraction of sp³-hybridized carbons (Fsp3) is 0.529. The molecule has 0 radical (unpaired) electrons. The molecular weight excluding hydrogens is 310 g/mol. The van der Waals surface area contributed by atoms with Gasteiger partial charge in [-0.3, -0.25) is 4.79 Å². The van der Waals surface area contributed by atoms with Crippen molar-refractivity contribution in [1.29, 1.82) is 0 Å². The highest BCUT2D eigenvalue weighted by atomic mass is 16.6. The predicted octanol–water partition coefficient (Wildman–Crippen LogP) is 1.63. The summed E-state index contributed by atoms with van der Waals surface area (Å²) in [4.78, 5) is 24.8. The number of methoxy groups -OCH3 is 1. The molecule has 1 aromatic carbocycles. The van der Waals surface area contributed by atoms with Gasteiger partial charge in [0.2, 0.25) is 5.91 Å². The Balaban J connectivity index is 3.19. The van der Waals surface area contributed by atoms with E-state index in [9.17, 15) is 9.59 Å². The van der Waals surface area contributed by atoms with E-state index in [1.807, 2.05) is 40.9 Å². The van der Waals surface area contributed by atoms with Gasteiger partial charge in [0.15, 0.2) is 11.5 Å². The van der Waals surface area contributed by atoms with Crippen LogP contribution in [0.5, 0.6) is 11.5 Å². The van der Waals surface area contributed by atoms with Crippen LogP contribution in [0, 0.1) is 0 Å². The van der Waals surface area contributed by atoms with E-state index in [0.717, 1.165) is 5.56 Å². The Morgan fingerprint density at radius 2 is 1.88 bits per heavy atom. The highest BCUT2D eigenvalue weighted by Crippen LogP contribution is 2.37. The largest absolute Gasteiger partial charge is 0.492 e. The maximum absolute atomic E-state index is 11.9. The fourth-order valence-corrected chi connectivity index (χ4v) is 2.18. The van der Waals surface area contributed by atoms with Crippen LogP contribution in [0.4, 0.5) is 4.79 Å². The second-order valence-electron chi connectivity index (χ2n) is 6.85. The molecule has 0 unspecified atom stereocenters. The van der Waals surface area contributed by atoms with Crippen molar-refractivity contribution in [1.82, 2.24) is 10.2 Å². The summed E-state index contributed by atoms with van der Waals surface area (Å²) in [5.41, 5.74) is 6.62. The second-order valence-corrected chi connectivity index (χ2v) is 6.85. The highest BCUT2D eigenvalue weighted by molar-refractivity contribution is 5.78. The minimum Gasteiger partial charge on any atom is -0.492 e. The quantitative estimate of drug-likeness (QED) is 0.823. The molecule has 2 amide bonds. The molecule has 0 aliphatic heterocycles. The first-order chi connectivity index (χ1) is 11.0. The van der Waals surface area contributed by atoms with Crippen LogP contribution >= 0.6 is 0 Å². The van der Waals surface area contributed by atoms with Crippen molar-refractivity contribution >= 4 is 12.0 Å². The number of likely N-dealkylation sites (N-methyl/N-ethyl adjacent to an activating group) is 1. The normalized spacial score (nSPS) is 11.3. The molecule has 0 aliphatic carbocycles. The van der Waals surface area contributed by atoms with E-state index in [0.29, 0.717) is 11.3 Å². The highest BCUT2D eigenvalue weighted by Gasteiger charge is 2.21. The number of ether oxygens (including phenoxy) is 2. The average molecular weight is 337 g/mol. The second kappa shape index (κ2) is 8.01. The molecule has 0 heterocycles. The maximum Gasteiger partial charge on any atom is 0.410 e. The van der Waals surface area contributed by atoms with E-state index >= 15 is 0 Å².